The number of carboxylic acids is 1. The van der Waals surface area contributed by atoms with Crippen LogP contribution in [0.5, 0.6) is 0 Å². The van der Waals surface area contributed by atoms with E-state index in [2.05, 4.69) is 4.98 Å². The number of hydrogen-bond acceptors (Lipinski definition) is 4. The summed E-state index contributed by atoms with van der Waals surface area (Å²) in [6.45, 7) is 0. The molecule has 0 bridgehead atoms. The lowest BCUT2D eigenvalue weighted by Crippen LogP contribution is -1.96. The summed E-state index contributed by atoms with van der Waals surface area (Å²) in [5.41, 5.74) is 2.99. The highest BCUT2D eigenvalue weighted by Gasteiger charge is 1.98. The Morgan fingerprint density at radius 2 is 2.20 bits per heavy atom. The van der Waals surface area contributed by atoms with Gasteiger partial charge in [-0.2, -0.15) is 0 Å². The number of aryl methyl sites for hydroxylation is 1. The molecule has 0 aliphatic rings. The van der Waals surface area contributed by atoms with Crippen molar-refractivity contribution in [2.45, 2.75) is 25.7 Å². The molecule has 0 fully saturated rings. The van der Waals surface area contributed by atoms with E-state index in [9.17, 15) is 4.79 Å². The van der Waals surface area contributed by atoms with Gasteiger partial charge in [0, 0.05) is 12.6 Å². The third-order valence-corrected chi connectivity index (χ3v) is 2.05. The summed E-state index contributed by atoms with van der Waals surface area (Å²) in [6, 6.07) is 3.53. The molecule has 0 unspecified atom stereocenters. The average Bonchev–Trinajstić information content (AvgIpc) is 2.25. The van der Waals surface area contributed by atoms with Crippen LogP contribution in [0.15, 0.2) is 18.3 Å². The SMILES string of the molecule is O=C(O)CCCCc1ccc(NO)nc1. The summed E-state index contributed by atoms with van der Waals surface area (Å²) in [5.74, 6) is -0.350. The zero-order chi connectivity index (χ0) is 11.1. The van der Waals surface area contributed by atoms with E-state index in [0.29, 0.717) is 12.2 Å². The van der Waals surface area contributed by atoms with Crippen molar-refractivity contribution in [2.75, 3.05) is 5.48 Å². The van der Waals surface area contributed by atoms with Crippen LogP contribution in [0.3, 0.4) is 0 Å². The molecule has 1 rings (SSSR count). The van der Waals surface area contributed by atoms with Gasteiger partial charge in [-0.1, -0.05) is 6.07 Å². The number of pyridine rings is 1. The van der Waals surface area contributed by atoms with Crippen molar-refractivity contribution in [2.24, 2.45) is 0 Å². The fraction of sp³-hybridized carbons (Fsp3) is 0.400. The number of carbonyl (C=O) groups is 1. The van der Waals surface area contributed by atoms with Gasteiger partial charge in [0.1, 0.15) is 5.82 Å². The van der Waals surface area contributed by atoms with Gasteiger partial charge in [0.2, 0.25) is 0 Å². The molecule has 0 spiro atoms. The maximum atomic E-state index is 10.2. The quantitative estimate of drug-likeness (QED) is 0.491. The first-order valence-electron chi connectivity index (χ1n) is 4.79. The first-order chi connectivity index (χ1) is 7.22. The van der Waals surface area contributed by atoms with Crippen LogP contribution < -0.4 is 5.48 Å². The highest BCUT2D eigenvalue weighted by Crippen LogP contribution is 2.08. The van der Waals surface area contributed by atoms with Crippen molar-refractivity contribution in [3.63, 3.8) is 0 Å². The Bertz CT molecular complexity index is 311. The lowest BCUT2D eigenvalue weighted by molar-refractivity contribution is -0.137. The predicted octanol–water partition coefficient (Wildman–Crippen LogP) is 1.68. The van der Waals surface area contributed by atoms with Crippen molar-refractivity contribution in [1.29, 1.82) is 0 Å². The van der Waals surface area contributed by atoms with Crippen molar-refractivity contribution < 1.29 is 15.1 Å². The third kappa shape index (κ3) is 4.42. The largest absolute Gasteiger partial charge is 0.481 e. The minimum atomic E-state index is -0.757. The molecule has 1 aromatic heterocycles. The summed E-state index contributed by atoms with van der Waals surface area (Å²) < 4.78 is 0. The molecule has 0 atom stereocenters. The molecule has 0 aliphatic heterocycles. The zero-order valence-electron chi connectivity index (χ0n) is 8.31. The van der Waals surface area contributed by atoms with Gasteiger partial charge in [-0.05, 0) is 30.9 Å². The zero-order valence-corrected chi connectivity index (χ0v) is 8.31. The summed E-state index contributed by atoms with van der Waals surface area (Å²) in [6.07, 6.45) is 4.20. The van der Waals surface area contributed by atoms with Gasteiger partial charge in [0.15, 0.2) is 0 Å². The van der Waals surface area contributed by atoms with Gasteiger partial charge in [0.25, 0.3) is 0 Å². The van der Waals surface area contributed by atoms with E-state index in [-0.39, 0.29) is 6.42 Å². The lowest BCUT2D eigenvalue weighted by Gasteiger charge is -2.01. The molecule has 0 aliphatic carbocycles. The molecule has 82 valence electrons. The number of unbranched alkanes of at least 4 members (excludes halogenated alkanes) is 1. The normalized spacial score (nSPS) is 9.93. The van der Waals surface area contributed by atoms with Gasteiger partial charge >= 0.3 is 5.97 Å². The van der Waals surface area contributed by atoms with Gasteiger partial charge in [-0.25, -0.2) is 4.98 Å². The monoisotopic (exact) mass is 210 g/mol. The van der Waals surface area contributed by atoms with Crippen molar-refractivity contribution >= 4 is 11.8 Å². The predicted molar refractivity (Wildman–Crippen MR) is 54.8 cm³/mol. The molecule has 3 N–H and O–H groups in total. The minimum Gasteiger partial charge on any atom is -0.481 e. The van der Waals surface area contributed by atoms with Crippen molar-refractivity contribution in [3.8, 4) is 0 Å². The summed E-state index contributed by atoms with van der Waals surface area (Å²) in [4.78, 5) is 14.2. The van der Waals surface area contributed by atoms with E-state index in [1.165, 1.54) is 0 Å². The molecule has 0 aromatic carbocycles. The van der Waals surface area contributed by atoms with E-state index in [1.54, 1.807) is 12.3 Å². The molecule has 1 aromatic rings. The number of nitrogens with zero attached hydrogens (tertiary/aromatic N) is 1. The van der Waals surface area contributed by atoms with Crippen LogP contribution in [0.25, 0.3) is 0 Å². The molecule has 5 heteroatoms. The Hall–Kier alpha value is -1.62. The number of anilines is 1. The van der Waals surface area contributed by atoms with Gasteiger partial charge in [-0.3, -0.25) is 15.5 Å². The molecule has 0 saturated carbocycles. The smallest absolute Gasteiger partial charge is 0.303 e. The lowest BCUT2D eigenvalue weighted by atomic mass is 10.1. The van der Waals surface area contributed by atoms with Crippen molar-refractivity contribution in [1.82, 2.24) is 4.98 Å². The highest BCUT2D eigenvalue weighted by molar-refractivity contribution is 5.66. The second-order valence-corrected chi connectivity index (χ2v) is 3.26. The standard InChI is InChI=1S/C10H14N2O3/c13-10(14)4-2-1-3-8-5-6-9(12-15)11-7-8/h5-7,15H,1-4H2,(H,11,12)(H,13,14). The molecule has 5 nitrogen and oxygen atoms in total. The Morgan fingerprint density at radius 3 is 2.73 bits per heavy atom. The van der Waals surface area contributed by atoms with Crippen LogP contribution in [0.2, 0.25) is 0 Å². The third-order valence-electron chi connectivity index (χ3n) is 2.05. The van der Waals surface area contributed by atoms with Crippen LogP contribution >= 0.6 is 0 Å². The Balaban J connectivity index is 2.28. The number of nitrogens with one attached hydrogen (secondary N) is 1. The maximum Gasteiger partial charge on any atom is 0.303 e. The molecular formula is C10H14N2O3. The Morgan fingerprint density at radius 1 is 1.40 bits per heavy atom. The fourth-order valence-electron chi connectivity index (χ4n) is 1.24. The Labute approximate surface area is 87.7 Å². The number of hydrogen-bond donors (Lipinski definition) is 3. The van der Waals surface area contributed by atoms with Gasteiger partial charge in [0.05, 0.1) is 0 Å². The van der Waals surface area contributed by atoms with E-state index < -0.39 is 5.97 Å². The number of aromatic nitrogens is 1. The highest BCUT2D eigenvalue weighted by atomic mass is 16.5. The van der Waals surface area contributed by atoms with Crippen LogP contribution in [0, 0.1) is 0 Å². The van der Waals surface area contributed by atoms with Crippen molar-refractivity contribution in [3.05, 3.63) is 23.9 Å². The van der Waals surface area contributed by atoms with Crippen LogP contribution in [-0.2, 0) is 11.2 Å². The van der Waals surface area contributed by atoms with E-state index in [4.69, 9.17) is 10.3 Å². The topological polar surface area (TPSA) is 82.5 Å². The second-order valence-electron chi connectivity index (χ2n) is 3.26. The van der Waals surface area contributed by atoms with Gasteiger partial charge in [-0.15, -0.1) is 0 Å². The van der Waals surface area contributed by atoms with E-state index in [0.717, 1.165) is 18.4 Å². The van der Waals surface area contributed by atoms with E-state index >= 15 is 0 Å². The second kappa shape index (κ2) is 5.98. The average molecular weight is 210 g/mol. The maximum absolute atomic E-state index is 10.2. The summed E-state index contributed by atoms with van der Waals surface area (Å²) in [7, 11) is 0. The van der Waals surface area contributed by atoms with Crippen LogP contribution in [-0.4, -0.2) is 21.3 Å². The van der Waals surface area contributed by atoms with Crippen LogP contribution in [0.1, 0.15) is 24.8 Å². The molecule has 0 radical (unpaired) electrons. The van der Waals surface area contributed by atoms with Crippen LogP contribution in [0.4, 0.5) is 5.82 Å². The summed E-state index contributed by atoms with van der Waals surface area (Å²) in [5, 5.41) is 17.0. The minimum absolute atomic E-state index is 0.212. The number of aliphatic carboxylic acids is 1. The van der Waals surface area contributed by atoms with Gasteiger partial charge < -0.3 is 5.11 Å². The Kier molecular flexibility index (Phi) is 4.56. The number of rotatable bonds is 6. The first-order valence-corrected chi connectivity index (χ1v) is 4.79. The summed E-state index contributed by atoms with van der Waals surface area (Å²) >= 11 is 0. The molecule has 0 saturated heterocycles. The molecule has 1 heterocycles. The number of carboxylic acid groups (broad SMARTS) is 1. The molecule has 0 amide bonds. The molecule has 15 heavy (non-hydrogen) atoms. The fourth-order valence-corrected chi connectivity index (χ4v) is 1.24. The van der Waals surface area contributed by atoms with E-state index in [1.807, 2.05) is 11.5 Å². The first kappa shape index (κ1) is 11.5. The molecular weight excluding hydrogens is 196 g/mol.